The molecule has 1 heterocycles. The van der Waals surface area contributed by atoms with Crippen LogP contribution >= 0.6 is 27.3 Å². The molecule has 1 aromatic rings. The van der Waals surface area contributed by atoms with Gasteiger partial charge in [0, 0.05) is 13.1 Å². The highest BCUT2D eigenvalue weighted by molar-refractivity contribution is 9.11. The van der Waals surface area contributed by atoms with E-state index in [0.717, 1.165) is 29.5 Å². The lowest BCUT2D eigenvalue weighted by Gasteiger charge is -2.22. The van der Waals surface area contributed by atoms with Crippen molar-refractivity contribution in [2.75, 3.05) is 7.05 Å². The zero-order valence-electron chi connectivity index (χ0n) is 9.02. The fraction of sp³-hybridized carbons (Fsp3) is 0.600. The van der Waals surface area contributed by atoms with Gasteiger partial charge in [0.15, 0.2) is 0 Å². The molecule has 0 aromatic carbocycles. The largest absolute Gasteiger partial charge is 0.252 e. The van der Waals surface area contributed by atoms with E-state index in [1.807, 2.05) is 0 Å². The number of hydrogen-bond donors (Lipinski definition) is 0. The number of hydrogen-bond acceptors (Lipinski definition) is 3. The number of rotatable bonds is 3. The molecule has 0 radical (unpaired) electrons. The first-order chi connectivity index (χ1) is 7.51. The first-order valence-electron chi connectivity index (χ1n) is 5.25. The smallest absolute Gasteiger partial charge is 0.206 e. The highest BCUT2D eigenvalue weighted by Crippen LogP contribution is 2.31. The minimum atomic E-state index is -3.28. The lowest BCUT2D eigenvalue weighted by Crippen LogP contribution is -2.34. The second-order valence-electron chi connectivity index (χ2n) is 4.02. The SMILES string of the molecule is CN(C1CCCC1)S(=O)(=O)c1ccc(Br)s1. The maximum Gasteiger partial charge on any atom is 0.252 e. The van der Waals surface area contributed by atoms with Gasteiger partial charge in [0.05, 0.1) is 3.79 Å². The normalized spacial score (nSPS) is 18.4. The van der Waals surface area contributed by atoms with Crippen LogP contribution in [0.4, 0.5) is 0 Å². The average Bonchev–Trinajstić information content (AvgIpc) is 2.86. The van der Waals surface area contributed by atoms with E-state index in [0.29, 0.717) is 4.21 Å². The summed E-state index contributed by atoms with van der Waals surface area (Å²) in [5.41, 5.74) is 0. The molecule has 90 valence electrons. The third kappa shape index (κ3) is 2.34. The van der Waals surface area contributed by atoms with Gasteiger partial charge in [-0.1, -0.05) is 12.8 Å². The fourth-order valence-corrected chi connectivity index (χ4v) is 5.65. The summed E-state index contributed by atoms with van der Waals surface area (Å²) in [6.45, 7) is 0. The molecule has 1 aliphatic rings. The minimum Gasteiger partial charge on any atom is -0.206 e. The summed E-state index contributed by atoms with van der Waals surface area (Å²) in [6.07, 6.45) is 4.25. The zero-order chi connectivity index (χ0) is 11.8. The molecule has 1 aliphatic carbocycles. The Morgan fingerprint density at radius 2 is 2.00 bits per heavy atom. The second-order valence-corrected chi connectivity index (χ2v) is 8.71. The van der Waals surface area contributed by atoms with Gasteiger partial charge in [-0.3, -0.25) is 0 Å². The van der Waals surface area contributed by atoms with E-state index in [1.54, 1.807) is 19.2 Å². The van der Waals surface area contributed by atoms with Crippen molar-refractivity contribution in [3.63, 3.8) is 0 Å². The molecule has 0 N–H and O–H groups in total. The molecule has 3 nitrogen and oxygen atoms in total. The first kappa shape index (κ1) is 12.5. The van der Waals surface area contributed by atoms with Crippen LogP contribution in [0.5, 0.6) is 0 Å². The van der Waals surface area contributed by atoms with Gasteiger partial charge in [-0.05, 0) is 40.9 Å². The Labute approximate surface area is 109 Å². The molecule has 0 unspecified atom stereocenters. The Bertz CT molecular complexity index is 463. The Morgan fingerprint density at radius 1 is 1.38 bits per heavy atom. The van der Waals surface area contributed by atoms with Crippen molar-refractivity contribution < 1.29 is 8.42 Å². The van der Waals surface area contributed by atoms with Gasteiger partial charge in [0.2, 0.25) is 0 Å². The van der Waals surface area contributed by atoms with E-state index < -0.39 is 10.0 Å². The molecule has 16 heavy (non-hydrogen) atoms. The maximum absolute atomic E-state index is 12.2. The van der Waals surface area contributed by atoms with Crippen LogP contribution in [0, 0.1) is 0 Å². The predicted molar refractivity (Wildman–Crippen MR) is 69.2 cm³/mol. The Kier molecular flexibility index (Phi) is 3.73. The Morgan fingerprint density at radius 3 is 2.50 bits per heavy atom. The van der Waals surface area contributed by atoms with Gasteiger partial charge in [0.25, 0.3) is 10.0 Å². The van der Waals surface area contributed by atoms with Crippen LogP contribution in [0.3, 0.4) is 0 Å². The molecule has 0 amide bonds. The molecule has 0 atom stereocenters. The molecule has 6 heteroatoms. The molecule has 1 fully saturated rings. The molecule has 1 aromatic heterocycles. The van der Waals surface area contributed by atoms with Crippen LogP contribution in [0.15, 0.2) is 20.1 Å². The summed E-state index contributed by atoms with van der Waals surface area (Å²) < 4.78 is 27.3. The Balaban J connectivity index is 2.24. The van der Waals surface area contributed by atoms with Gasteiger partial charge >= 0.3 is 0 Å². The highest BCUT2D eigenvalue weighted by Gasteiger charge is 2.30. The molecule has 0 bridgehead atoms. The van der Waals surface area contributed by atoms with E-state index in [9.17, 15) is 8.42 Å². The van der Waals surface area contributed by atoms with Gasteiger partial charge in [-0.2, -0.15) is 4.31 Å². The summed E-state index contributed by atoms with van der Waals surface area (Å²) >= 11 is 4.56. The molecule has 1 saturated carbocycles. The van der Waals surface area contributed by atoms with Gasteiger partial charge in [-0.25, -0.2) is 8.42 Å². The van der Waals surface area contributed by atoms with Crippen molar-refractivity contribution in [3.8, 4) is 0 Å². The van der Waals surface area contributed by atoms with Crippen LogP contribution in [-0.4, -0.2) is 25.8 Å². The van der Waals surface area contributed by atoms with E-state index >= 15 is 0 Å². The van der Waals surface area contributed by atoms with Gasteiger partial charge < -0.3 is 0 Å². The average molecular weight is 324 g/mol. The first-order valence-corrected chi connectivity index (χ1v) is 8.30. The third-order valence-corrected chi connectivity index (χ3v) is 7.02. The second kappa shape index (κ2) is 4.76. The minimum absolute atomic E-state index is 0.186. The van der Waals surface area contributed by atoms with Crippen LogP contribution in [0.25, 0.3) is 0 Å². The van der Waals surface area contributed by atoms with E-state index in [1.165, 1.54) is 15.6 Å². The number of halogens is 1. The summed E-state index contributed by atoms with van der Waals surface area (Å²) in [6, 6.07) is 3.63. The molecule has 0 aliphatic heterocycles. The summed E-state index contributed by atoms with van der Waals surface area (Å²) in [5.74, 6) is 0. The summed E-state index contributed by atoms with van der Waals surface area (Å²) in [7, 11) is -1.59. The molecular formula is C10H14BrNO2S2. The standard InChI is InChI=1S/C10H14BrNO2S2/c1-12(8-4-2-3-5-8)16(13,14)10-7-6-9(11)15-10/h6-8H,2-5H2,1H3. The third-order valence-electron chi connectivity index (χ3n) is 3.02. The predicted octanol–water partition coefficient (Wildman–Crippen LogP) is 3.07. The molecule has 0 saturated heterocycles. The monoisotopic (exact) mass is 323 g/mol. The van der Waals surface area contributed by atoms with Crippen molar-refractivity contribution in [2.24, 2.45) is 0 Å². The van der Waals surface area contributed by atoms with Crippen molar-refractivity contribution in [1.82, 2.24) is 4.31 Å². The molecular weight excluding hydrogens is 310 g/mol. The molecule has 2 rings (SSSR count). The topological polar surface area (TPSA) is 37.4 Å². The fourth-order valence-electron chi connectivity index (χ4n) is 2.04. The van der Waals surface area contributed by atoms with Crippen molar-refractivity contribution in [2.45, 2.75) is 35.9 Å². The van der Waals surface area contributed by atoms with Gasteiger partial charge in [-0.15, -0.1) is 11.3 Å². The van der Waals surface area contributed by atoms with Crippen LogP contribution in [-0.2, 0) is 10.0 Å². The van der Waals surface area contributed by atoms with Crippen molar-refractivity contribution >= 4 is 37.3 Å². The number of thiophene rings is 1. The van der Waals surface area contributed by atoms with Crippen LogP contribution in [0.1, 0.15) is 25.7 Å². The lowest BCUT2D eigenvalue weighted by atomic mass is 10.3. The summed E-state index contributed by atoms with van der Waals surface area (Å²) in [4.78, 5) is 0. The number of sulfonamides is 1. The quantitative estimate of drug-likeness (QED) is 0.857. The summed E-state index contributed by atoms with van der Waals surface area (Å²) in [5, 5.41) is 0. The Hall–Kier alpha value is 0.0900. The van der Waals surface area contributed by atoms with Crippen molar-refractivity contribution in [3.05, 3.63) is 15.9 Å². The van der Waals surface area contributed by atoms with Crippen molar-refractivity contribution in [1.29, 1.82) is 0 Å². The van der Waals surface area contributed by atoms with E-state index in [4.69, 9.17) is 0 Å². The zero-order valence-corrected chi connectivity index (χ0v) is 12.2. The highest BCUT2D eigenvalue weighted by atomic mass is 79.9. The van der Waals surface area contributed by atoms with Gasteiger partial charge in [0.1, 0.15) is 4.21 Å². The van der Waals surface area contributed by atoms with Crippen LogP contribution < -0.4 is 0 Å². The number of nitrogens with zero attached hydrogens (tertiary/aromatic N) is 1. The maximum atomic E-state index is 12.2. The lowest BCUT2D eigenvalue weighted by molar-refractivity contribution is 0.374. The van der Waals surface area contributed by atoms with E-state index in [2.05, 4.69) is 15.9 Å². The van der Waals surface area contributed by atoms with Crippen LogP contribution in [0.2, 0.25) is 0 Å². The van der Waals surface area contributed by atoms with E-state index in [-0.39, 0.29) is 6.04 Å². The molecule has 0 spiro atoms.